The predicted octanol–water partition coefficient (Wildman–Crippen LogP) is 0.0680. The van der Waals surface area contributed by atoms with Crippen molar-refractivity contribution >= 4 is 18.3 Å². The highest BCUT2D eigenvalue weighted by Crippen LogP contribution is 2.19. The van der Waals surface area contributed by atoms with Crippen molar-refractivity contribution in [2.24, 2.45) is 0 Å². The number of hydrogen-bond acceptors (Lipinski definition) is 5. The number of nitrogens with zero attached hydrogens (tertiary/aromatic N) is 3. The second-order valence-electron chi connectivity index (χ2n) is 2.83. The average molecular weight is 223 g/mol. The Bertz CT molecular complexity index is 458. The topological polar surface area (TPSA) is 81.3 Å². The van der Waals surface area contributed by atoms with Gasteiger partial charge < -0.3 is 15.6 Å². The van der Waals surface area contributed by atoms with Crippen LogP contribution in [-0.4, -0.2) is 14.8 Å². The van der Waals surface area contributed by atoms with E-state index in [0.29, 0.717) is 10.6 Å². The molecule has 0 unspecified atom stereocenters. The SMILES string of the molecule is [O-][NH+]([O-])c1cc(S)ccc1-n1cncn1. The third-order valence-electron chi connectivity index (χ3n) is 1.87. The second kappa shape index (κ2) is 3.99. The summed E-state index contributed by atoms with van der Waals surface area (Å²) in [5, 5.41) is 24.3. The lowest BCUT2D eigenvalue weighted by Crippen LogP contribution is -2.96. The summed E-state index contributed by atoms with van der Waals surface area (Å²) in [7, 11) is 0. The highest BCUT2D eigenvalue weighted by molar-refractivity contribution is 7.80. The van der Waals surface area contributed by atoms with Crippen LogP contribution >= 0.6 is 12.6 Å². The highest BCUT2D eigenvalue weighted by atomic mass is 32.1. The lowest BCUT2D eigenvalue weighted by molar-refractivity contribution is -0.715. The largest absolute Gasteiger partial charge is 0.628 e. The van der Waals surface area contributed by atoms with Gasteiger partial charge >= 0.3 is 0 Å². The molecule has 0 atom stereocenters. The fraction of sp³-hybridized carbons (Fsp3) is 0. The fourth-order valence-corrected chi connectivity index (χ4v) is 1.42. The first kappa shape index (κ1) is 10.1. The Morgan fingerprint density at radius 3 is 2.73 bits per heavy atom. The number of aromatic nitrogens is 3. The third-order valence-corrected chi connectivity index (χ3v) is 2.14. The Morgan fingerprint density at radius 2 is 2.13 bits per heavy atom. The molecule has 0 amide bonds. The lowest BCUT2D eigenvalue weighted by atomic mass is 10.2. The van der Waals surface area contributed by atoms with Crippen molar-refractivity contribution in [3.63, 3.8) is 0 Å². The molecule has 7 heteroatoms. The Hall–Kier alpha value is -1.41. The molecule has 0 bridgehead atoms. The minimum atomic E-state index is -1.27. The van der Waals surface area contributed by atoms with E-state index >= 15 is 0 Å². The average Bonchev–Trinajstić information content (AvgIpc) is 2.70. The summed E-state index contributed by atoms with van der Waals surface area (Å²) in [6.45, 7) is 0. The van der Waals surface area contributed by atoms with E-state index in [4.69, 9.17) is 0 Å². The smallest absolute Gasteiger partial charge is 0.158 e. The van der Waals surface area contributed by atoms with Gasteiger partial charge in [0.05, 0.1) is 0 Å². The summed E-state index contributed by atoms with van der Waals surface area (Å²) >= 11 is 4.06. The van der Waals surface area contributed by atoms with Gasteiger partial charge in [0.25, 0.3) is 0 Å². The second-order valence-corrected chi connectivity index (χ2v) is 3.35. The molecule has 0 spiro atoms. The standard InChI is InChI=1S/C8H7N4O2S/c13-12(14)8-3-6(15)1-2-7(8)11-5-9-4-10-11/h1-5,12,15H/q-1. The Labute approximate surface area is 90.7 Å². The normalized spacial score (nSPS) is 10.9. The molecular formula is C8H7N4O2S-. The first-order chi connectivity index (χ1) is 7.18. The molecule has 0 fully saturated rings. The van der Waals surface area contributed by atoms with Gasteiger partial charge in [0.15, 0.2) is 5.69 Å². The molecule has 0 radical (unpaired) electrons. The molecule has 6 nitrogen and oxygen atoms in total. The molecular weight excluding hydrogens is 216 g/mol. The monoisotopic (exact) mass is 223 g/mol. The van der Waals surface area contributed by atoms with Crippen LogP contribution < -0.4 is 5.23 Å². The number of nitrogens with one attached hydrogen (secondary N) is 1. The molecule has 0 aliphatic carbocycles. The van der Waals surface area contributed by atoms with E-state index in [2.05, 4.69) is 22.7 Å². The molecule has 78 valence electrons. The molecule has 1 N–H and O–H groups in total. The van der Waals surface area contributed by atoms with Gasteiger partial charge in [-0.15, -0.1) is 12.6 Å². The Morgan fingerprint density at radius 1 is 1.33 bits per heavy atom. The van der Waals surface area contributed by atoms with Crippen molar-refractivity contribution in [1.29, 1.82) is 0 Å². The van der Waals surface area contributed by atoms with E-state index < -0.39 is 5.23 Å². The van der Waals surface area contributed by atoms with Gasteiger partial charge in [0.2, 0.25) is 0 Å². The summed E-state index contributed by atoms with van der Waals surface area (Å²) in [4.78, 5) is 4.29. The summed E-state index contributed by atoms with van der Waals surface area (Å²) < 4.78 is 1.36. The van der Waals surface area contributed by atoms with Crippen LogP contribution in [0, 0.1) is 10.4 Å². The van der Waals surface area contributed by atoms with Crippen LogP contribution in [0.2, 0.25) is 0 Å². The van der Waals surface area contributed by atoms with Crippen molar-refractivity contribution in [3.8, 4) is 5.69 Å². The van der Waals surface area contributed by atoms with Crippen molar-refractivity contribution in [1.82, 2.24) is 14.8 Å². The van der Waals surface area contributed by atoms with E-state index in [1.807, 2.05) is 0 Å². The van der Waals surface area contributed by atoms with E-state index in [0.717, 1.165) is 0 Å². The van der Waals surface area contributed by atoms with Crippen LogP contribution in [0.15, 0.2) is 35.7 Å². The van der Waals surface area contributed by atoms with Crippen LogP contribution in [0.4, 0.5) is 5.69 Å². The summed E-state index contributed by atoms with van der Waals surface area (Å²) in [5.41, 5.74) is 0.443. The molecule has 2 aromatic rings. The maximum absolute atomic E-state index is 10.9. The van der Waals surface area contributed by atoms with Crippen LogP contribution in [0.5, 0.6) is 0 Å². The molecule has 2 rings (SSSR count). The molecule has 0 saturated carbocycles. The molecule has 0 aliphatic heterocycles. The Kier molecular flexibility index (Phi) is 2.69. The lowest BCUT2D eigenvalue weighted by Gasteiger charge is -2.26. The minimum Gasteiger partial charge on any atom is -0.628 e. The van der Waals surface area contributed by atoms with Crippen molar-refractivity contribution in [2.45, 2.75) is 4.90 Å². The minimum absolute atomic E-state index is 0.0352. The quantitative estimate of drug-likeness (QED) is 0.557. The van der Waals surface area contributed by atoms with E-state index in [9.17, 15) is 10.4 Å². The molecule has 1 heterocycles. The molecule has 1 aromatic carbocycles. The molecule has 0 saturated heterocycles. The third kappa shape index (κ3) is 2.00. The number of quaternary nitrogens is 1. The van der Waals surface area contributed by atoms with Gasteiger partial charge in [-0.2, -0.15) is 5.10 Å². The van der Waals surface area contributed by atoms with Gasteiger partial charge in [-0.3, -0.25) is 0 Å². The van der Waals surface area contributed by atoms with Crippen molar-refractivity contribution in [3.05, 3.63) is 41.3 Å². The zero-order valence-electron chi connectivity index (χ0n) is 7.49. The predicted molar refractivity (Wildman–Crippen MR) is 56.0 cm³/mol. The first-order valence-electron chi connectivity index (χ1n) is 4.08. The van der Waals surface area contributed by atoms with E-state index in [1.54, 1.807) is 12.1 Å². The fourth-order valence-electron chi connectivity index (χ4n) is 1.22. The molecule has 15 heavy (non-hydrogen) atoms. The Balaban J connectivity index is 2.56. The van der Waals surface area contributed by atoms with E-state index in [1.165, 1.54) is 23.4 Å². The highest BCUT2D eigenvalue weighted by Gasteiger charge is 2.08. The van der Waals surface area contributed by atoms with Crippen LogP contribution in [0.25, 0.3) is 5.69 Å². The first-order valence-corrected chi connectivity index (χ1v) is 4.52. The summed E-state index contributed by atoms with van der Waals surface area (Å²) in [5.74, 6) is 0. The van der Waals surface area contributed by atoms with Crippen LogP contribution in [0.1, 0.15) is 0 Å². The van der Waals surface area contributed by atoms with Crippen LogP contribution in [-0.2, 0) is 0 Å². The number of rotatable bonds is 2. The maximum Gasteiger partial charge on any atom is 0.158 e. The zero-order valence-corrected chi connectivity index (χ0v) is 8.39. The number of thiol groups is 1. The van der Waals surface area contributed by atoms with Crippen molar-refractivity contribution < 1.29 is 5.23 Å². The van der Waals surface area contributed by atoms with Gasteiger partial charge in [0.1, 0.15) is 18.3 Å². The van der Waals surface area contributed by atoms with Crippen LogP contribution in [0.3, 0.4) is 0 Å². The van der Waals surface area contributed by atoms with E-state index in [-0.39, 0.29) is 5.69 Å². The van der Waals surface area contributed by atoms with Gasteiger partial charge in [-0.1, -0.05) is 0 Å². The van der Waals surface area contributed by atoms with Gasteiger partial charge in [0, 0.05) is 11.0 Å². The molecule has 0 aliphatic rings. The maximum atomic E-state index is 10.9. The summed E-state index contributed by atoms with van der Waals surface area (Å²) in [6.07, 6.45) is 2.74. The summed E-state index contributed by atoms with van der Waals surface area (Å²) in [6, 6.07) is 4.68. The van der Waals surface area contributed by atoms with Gasteiger partial charge in [-0.25, -0.2) is 9.67 Å². The van der Waals surface area contributed by atoms with Gasteiger partial charge in [-0.05, 0) is 12.1 Å². The number of hydrogen-bond donors (Lipinski definition) is 2. The molecule has 1 aromatic heterocycles. The zero-order chi connectivity index (χ0) is 10.8. The number of benzene rings is 1. The van der Waals surface area contributed by atoms with Crippen molar-refractivity contribution in [2.75, 3.05) is 0 Å².